The van der Waals surface area contributed by atoms with Crippen LogP contribution < -0.4 is 5.32 Å². The monoisotopic (exact) mass is 392 g/mol. The first-order chi connectivity index (χ1) is 13.0. The largest absolute Gasteiger partial charge is 0.312 e. The van der Waals surface area contributed by atoms with Crippen LogP contribution in [-0.4, -0.2) is 52.0 Å². The Morgan fingerprint density at radius 3 is 2.63 bits per heavy atom. The van der Waals surface area contributed by atoms with Gasteiger partial charge in [-0.2, -0.15) is 4.31 Å². The number of aromatic nitrogens is 3. The molecule has 1 saturated heterocycles. The number of piperidine rings is 1. The standard InChI is InChI=1S/C16H20N6O4S/c23-22(24)13-3-1-2-4-14(13)27(25,26)20-8-5-12(6-9-20)16-19-18-15-11-17-7-10-21(15)16/h1-4,12,17H,5-11H2. The van der Waals surface area contributed by atoms with Crippen LogP contribution in [0.25, 0.3) is 0 Å². The average Bonchev–Trinajstić information content (AvgIpc) is 3.12. The van der Waals surface area contributed by atoms with E-state index in [1.165, 1.54) is 28.6 Å². The van der Waals surface area contributed by atoms with Crippen molar-refractivity contribution in [1.29, 1.82) is 0 Å². The number of nitrogens with one attached hydrogen (secondary N) is 1. The van der Waals surface area contributed by atoms with Gasteiger partial charge >= 0.3 is 0 Å². The van der Waals surface area contributed by atoms with Gasteiger partial charge in [-0.25, -0.2) is 8.42 Å². The molecule has 0 saturated carbocycles. The molecule has 10 nitrogen and oxygen atoms in total. The lowest BCUT2D eigenvalue weighted by Gasteiger charge is -2.31. The predicted molar refractivity (Wildman–Crippen MR) is 95.6 cm³/mol. The van der Waals surface area contributed by atoms with Crippen LogP contribution in [0.15, 0.2) is 29.2 Å². The number of nitrogens with zero attached hydrogens (tertiary/aromatic N) is 5. The molecule has 0 amide bonds. The molecule has 1 fully saturated rings. The third-order valence-corrected chi connectivity index (χ3v) is 7.10. The summed E-state index contributed by atoms with van der Waals surface area (Å²) in [5.41, 5.74) is -0.390. The molecule has 0 spiro atoms. The zero-order valence-electron chi connectivity index (χ0n) is 14.6. The van der Waals surface area contributed by atoms with Gasteiger partial charge in [0, 0.05) is 38.2 Å². The molecule has 4 rings (SSSR count). The Morgan fingerprint density at radius 1 is 1.15 bits per heavy atom. The highest BCUT2D eigenvalue weighted by Crippen LogP contribution is 2.32. The van der Waals surface area contributed by atoms with Gasteiger partial charge in [0.25, 0.3) is 5.69 Å². The highest BCUT2D eigenvalue weighted by Gasteiger charge is 2.35. The molecule has 0 atom stereocenters. The lowest BCUT2D eigenvalue weighted by Crippen LogP contribution is -2.39. The minimum atomic E-state index is -3.91. The SMILES string of the molecule is O=[N+]([O-])c1ccccc1S(=O)(=O)N1CCC(c2nnc3n2CCNC3)CC1. The Bertz CT molecular complexity index is 965. The smallest absolute Gasteiger partial charge is 0.289 e. The van der Waals surface area contributed by atoms with Crippen molar-refractivity contribution < 1.29 is 13.3 Å². The first kappa shape index (κ1) is 18.0. The minimum Gasteiger partial charge on any atom is -0.312 e. The van der Waals surface area contributed by atoms with E-state index >= 15 is 0 Å². The fraction of sp³-hybridized carbons (Fsp3) is 0.500. The van der Waals surface area contributed by atoms with E-state index in [1.807, 2.05) is 0 Å². The Morgan fingerprint density at radius 2 is 1.89 bits per heavy atom. The summed E-state index contributed by atoms with van der Waals surface area (Å²) in [4.78, 5) is 10.3. The van der Waals surface area contributed by atoms with Crippen LogP contribution >= 0.6 is 0 Å². The second-order valence-corrected chi connectivity index (χ2v) is 8.61. The van der Waals surface area contributed by atoms with Crippen molar-refractivity contribution >= 4 is 15.7 Å². The van der Waals surface area contributed by atoms with Gasteiger partial charge in [0.15, 0.2) is 4.90 Å². The molecule has 1 aromatic carbocycles. The van der Waals surface area contributed by atoms with E-state index in [9.17, 15) is 18.5 Å². The average molecular weight is 392 g/mol. The second kappa shape index (κ2) is 6.98. The third kappa shape index (κ3) is 3.22. The molecule has 2 aliphatic rings. The Hall–Kier alpha value is -2.37. The molecular weight excluding hydrogens is 372 g/mol. The summed E-state index contributed by atoms with van der Waals surface area (Å²) in [5, 5.41) is 23.0. The molecule has 0 radical (unpaired) electrons. The molecule has 144 valence electrons. The van der Waals surface area contributed by atoms with Gasteiger partial charge in [0.1, 0.15) is 11.6 Å². The van der Waals surface area contributed by atoms with Crippen LogP contribution in [0.4, 0.5) is 5.69 Å². The van der Waals surface area contributed by atoms with Crippen LogP contribution in [0.5, 0.6) is 0 Å². The van der Waals surface area contributed by atoms with Crippen molar-refractivity contribution in [2.75, 3.05) is 19.6 Å². The molecule has 11 heteroatoms. The fourth-order valence-corrected chi connectivity index (χ4v) is 5.36. The summed E-state index contributed by atoms with van der Waals surface area (Å²) < 4.78 is 29.3. The molecule has 2 aromatic rings. The molecule has 0 bridgehead atoms. The Balaban J connectivity index is 1.53. The lowest BCUT2D eigenvalue weighted by atomic mass is 9.97. The van der Waals surface area contributed by atoms with E-state index < -0.39 is 20.6 Å². The summed E-state index contributed by atoms with van der Waals surface area (Å²) in [5.74, 6) is 1.96. The number of fused-ring (bicyclic) bond motifs is 1. The van der Waals surface area contributed by atoms with Crippen molar-refractivity contribution in [1.82, 2.24) is 24.4 Å². The van der Waals surface area contributed by atoms with E-state index in [2.05, 4.69) is 20.1 Å². The number of nitro groups is 1. The number of para-hydroxylation sites is 1. The summed E-state index contributed by atoms with van der Waals surface area (Å²) in [6.45, 7) is 2.98. The lowest BCUT2D eigenvalue weighted by molar-refractivity contribution is -0.387. The molecular formula is C16H20N6O4S. The molecule has 2 aliphatic heterocycles. The van der Waals surface area contributed by atoms with Crippen LogP contribution in [0, 0.1) is 10.1 Å². The van der Waals surface area contributed by atoms with E-state index in [-0.39, 0.29) is 10.8 Å². The van der Waals surface area contributed by atoms with E-state index in [1.54, 1.807) is 0 Å². The summed E-state index contributed by atoms with van der Waals surface area (Å²) in [6, 6.07) is 5.48. The Kier molecular flexibility index (Phi) is 4.66. The number of rotatable bonds is 4. The van der Waals surface area contributed by atoms with Gasteiger partial charge in [-0.3, -0.25) is 10.1 Å². The molecule has 27 heavy (non-hydrogen) atoms. The number of nitro benzene ring substituents is 1. The van der Waals surface area contributed by atoms with E-state index in [0.717, 1.165) is 24.7 Å². The van der Waals surface area contributed by atoms with Gasteiger partial charge in [0.05, 0.1) is 11.5 Å². The first-order valence-electron chi connectivity index (χ1n) is 8.85. The van der Waals surface area contributed by atoms with Crippen molar-refractivity contribution in [3.8, 4) is 0 Å². The zero-order chi connectivity index (χ0) is 19.0. The van der Waals surface area contributed by atoms with Crippen LogP contribution in [-0.2, 0) is 23.1 Å². The van der Waals surface area contributed by atoms with Gasteiger partial charge in [-0.15, -0.1) is 10.2 Å². The number of hydrogen-bond donors (Lipinski definition) is 1. The van der Waals surface area contributed by atoms with Gasteiger partial charge in [-0.1, -0.05) is 12.1 Å². The van der Waals surface area contributed by atoms with Crippen molar-refractivity contribution in [2.24, 2.45) is 0 Å². The quantitative estimate of drug-likeness (QED) is 0.604. The van der Waals surface area contributed by atoms with E-state index in [0.29, 0.717) is 32.5 Å². The molecule has 0 aliphatic carbocycles. The molecule has 3 heterocycles. The highest BCUT2D eigenvalue weighted by atomic mass is 32.2. The summed E-state index contributed by atoms with van der Waals surface area (Å²) >= 11 is 0. The Labute approximate surface area is 156 Å². The summed E-state index contributed by atoms with van der Waals surface area (Å²) in [7, 11) is -3.91. The molecule has 1 N–H and O–H groups in total. The van der Waals surface area contributed by atoms with Gasteiger partial charge in [-0.05, 0) is 18.9 Å². The third-order valence-electron chi connectivity index (χ3n) is 5.15. The minimum absolute atomic E-state index is 0.140. The maximum Gasteiger partial charge on any atom is 0.289 e. The number of sulfonamides is 1. The van der Waals surface area contributed by atoms with Crippen LogP contribution in [0.1, 0.15) is 30.4 Å². The maximum absolute atomic E-state index is 12.9. The zero-order valence-corrected chi connectivity index (χ0v) is 15.4. The van der Waals surface area contributed by atoms with Crippen molar-refractivity contribution in [2.45, 2.75) is 36.7 Å². The highest BCUT2D eigenvalue weighted by molar-refractivity contribution is 7.89. The van der Waals surface area contributed by atoms with E-state index in [4.69, 9.17) is 0 Å². The first-order valence-corrected chi connectivity index (χ1v) is 10.3. The topological polar surface area (TPSA) is 123 Å². The second-order valence-electron chi connectivity index (χ2n) is 6.71. The van der Waals surface area contributed by atoms with Gasteiger partial charge in [0.2, 0.25) is 10.0 Å². The number of hydrogen-bond acceptors (Lipinski definition) is 7. The van der Waals surface area contributed by atoms with Crippen molar-refractivity contribution in [3.05, 3.63) is 46.0 Å². The normalized spacial score (nSPS) is 19.0. The number of benzene rings is 1. The maximum atomic E-state index is 12.9. The predicted octanol–water partition coefficient (Wildman–Crippen LogP) is 0.858. The summed E-state index contributed by atoms with van der Waals surface area (Å²) in [6.07, 6.45) is 1.23. The van der Waals surface area contributed by atoms with Crippen LogP contribution in [0.2, 0.25) is 0 Å². The molecule has 1 aromatic heterocycles. The van der Waals surface area contributed by atoms with Gasteiger partial charge < -0.3 is 9.88 Å². The van der Waals surface area contributed by atoms with Crippen molar-refractivity contribution in [3.63, 3.8) is 0 Å². The van der Waals surface area contributed by atoms with Crippen LogP contribution in [0.3, 0.4) is 0 Å². The molecule has 0 unspecified atom stereocenters. The fourth-order valence-electron chi connectivity index (χ4n) is 3.74.